The Kier molecular flexibility index (Phi) is 10.8. The van der Waals surface area contributed by atoms with E-state index in [9.17, 15) is 0 Å². The summed E-state index contributed by atoms with van der Waals surface area (Å²) in [7, 11) is 0. The molecule has 4 heteroatoms. The summed E-state index contributed by atoms with van der Waals surface area (Å²) in [4.78, 5) is 0. The van der Waals surface area contributed by atoms with Gasteiger partial charge in [0, 0.05) is 13.0 Å². The number of nitriles is 1. The Bertz CT molecular complexity index is 134. The Hall–Kier alpha value is -0.630. The number of aliphatic hydroxyl groups excluding tert-OH is 1. The molecule has 4 nitrogen and oxygen atoms in total. The van der Waals surface area contributed by atoms with Crippen molar-refractivity contribution in [3.8, 4) is 6.07 Å². The second-order valence-electron chi connectivity index (χ2n) is 2.70. The maximum atomic E-state index is 8.39. The van der Waals surface area contributed by atoms with Crippen molar-refractivity contribution in [2.24, 2.45) is 0 Å². The van der Waals surface area contributed by atoms with Gasteiger partial charge < -0.3 is 15.2 Å². The predicted molar refractivity (Wildman–Crippen MR) is 50.2 cm³/mol. The molecule has 0 aliphatic rings. The lowest BCUT2D eigenvalue weighted by Gasteiger charge is -2.03. The number of rotatable bonds is 9. The third-order valence-corrected chi connectivity index (χ3v) is 1.52. The molecule has 0 unspecified atom stereocenters. The van der Waals surface area contributed by atoms with Crippen LogP contribution in [0.1, 0.15) is 19.3 Å². The third-order valence-electron chi connectivity index (χ3n) is 1.52. The molecule has 2 N–H and O–H groups in total. The molecule has 0 aromatic heterocycles. The highest BCUT2D eigenvalue weighted by Gasteiger charge is 1.89. The van der Waals surface area contributed by atoms with E-state index < -0.39 is 0 Å². The molecule has 0 aliphatic heterocycles. The van der Waals surface area contributed by atoms with Gasteiger partial charge in [0.15, 0.2) is 0 Å². The lowest BCUT2D eigenvalue weighted by molar-refractivity contribution is 0.0907. The van der Waals surface area contributed by atoms with Crippen LogP contribution in [0.4, 0.5) is 0 Å². The summed E-state index contributed by atoms with van der Waals surface area (Å²) in [5.74, 6) is 0. The molecule has 76 valence electrons. The number of nitrogens with zero attached hydrogens (tertiary/aromatic N) is 1. The maximum absolute atomic E-state index is 8.39. The van der Waals surface area contributed by atoms with Gasteiger partial charge in [-0.05, 0) is 25.9 Å². The van der Waals surface area contributed by atoms with Gasteiger partial charge in [-0.1, -0.05) is 0 Å². The highest BCUT2D eigenvalue weighted by atomic mass is 16.5. The molecule has 0 amide bonds. The molecule has 0 aliphatic carbocycles. The average molecular weight is 186 g/mol. The summed E-state index contributed by atoms with van der Waals surface area (Å²) < 4.78 is 5.07. The van der Waals surface area contributed by atoms with Gasteiger partial charge in [-0.2, -0.15) is 5.26 Å². The smallest absolute Gasteiger partial charge is 0.0697 e. The van der Waals surface area contributed by atoms with Gasteiger partial charge in [0.2, 0.25) is 0 Å². The van der Waals surface area contributed by atoms with Crippen LogP contribution < -0.4 is 5.32 Å². The van der Waals surface area contributed by atoms with Crippen LogP contribution in [0.25, 0.3) is 0 Å². The first-order valence-corrected chi connectivity index (χ1v) is 4.68. The zero-order chi connectivity index (χ0) is 9.78. The topological polar surface area (TPSA) is 65.3 Å². The molecule has 0 radical (unpaired) electrons. The molecule has 0 rings (SSSR count). The molecule has 0 aromatic carbocycles. The summed E-state index contributed by atoms with van der Waals surface area (Å²) >= 11 is 0. The zero-order valence-corrected chi connectivity index (χ0v) is 7.96. The van der Waals surface area contributed by atoms with Crippen molar-refractivity contribution in [2.45, 2.75) is 19.3 Å². The van der Waals surface area contributed by atoms with E-state index >= 15 is 0 Å². The van der Waals surface area contributed by atoms with Crippen molar-refractivity contribution in [3.63, 3.8) is 0 Å². The Morgan fingerprint density at radius 2 is 2.00 bits per heavy atom. The molecule has 0 saturated carbocycles. The number of unbranched alkanes of at least 4 members (excludes halogenated alkanes) is 1. The van der Waals surface area contributed by atoms with E-state index in [1.54, 1.807) is 0 Å². The molecule has 0 aromatic rings. The Morgan fingerprint density at radius 1 is 1.23 bits per heavy atom. The maximum Gasteiger partial charge on any atom is 0.0697 e. The van der Waals surface area contributed by atoms with Crippen LogP contribution >= 0.6 is 0 Å². The lowest BCUT2D eigenvalue weighted by Crippen LogP contribution is -2.18. The van der Waals surface area contributed by atoms with E-state index in [-0.39, 0.29) is 6.61 Å². The largest absolute Gasteiger partial charge is 0.394 e. The first kappa shape index (κ1) is 12.4. The van der Waals surface area contributed by atoms with Crippen LogP contribution in [-0.2, 0) is 4.74 Å². The minimum Gasteiger partial charge on any atom is -0.394 e. The Morgan fingerprint density at radius 3 is 2.69 bits per heavy atom. The van der Waals surface area contributed by atoms with Gasteiger partial charge in [-0.15, -0.1) is 0 Å². The summed E-state index contributed by atoms with van der Waals surface area (Å²) in [6, 6.07) is 2.09. The number of ether oxygens (including phenoxy) is 1. The molecule has 0 fully saturated rings. The summed E-state index contributed by atoms with van der Waals surface area (Å²) in [5, 5.41) is 19.8. The molecule has 0 spiro atoms. The number of aliphatic hydroxyl groups is 1. The van der Waals surface area contributed by atoms with Crippen LogP contribution in [0.5, 0.6) is 0 Å². The highest BCUT2D eigenvalue weighted by molar-refractivity contribution is 4.68. The van der Waals surface area contributed by atoms with Crippen molar-refractivity contribution in [3.05, 3.63) is 0 Å². The van der Waals surface area contributed by atoms with E-state index in [1.165, 1.54) is 0 Å². The minimum absolute atomic E-state index is 0.0929. The van der Waals surface area contributed by atoms with Crippen LogP contribution in [0.3, 0.4) is 0 Å². The molecule has 0 atom stereocenters. The van der Waals surface area contributed by atoms with Crippen LogP contribution in [0.15, 0.2) is 0 Å². The standard InChI is InChI=1S/C9H18N2O2/c10-4-1-2-5-11-6-3-8-13-9-7-12/h11-12H,1-3,5-9H2. The quantitative estimate of drug-likeness (QED) is 0.508. The second-order valence-corrected chi connectivity index (χ2v) is 2.70. The van der Waals surface area contributed by atoms with Crippen molar-refractivity contribution >= 4 is 0 Å². The molecular weight excluding hydrogens is 168 g/mol. The van der Waals surface area contributed by atoms with E-state index in [2.05, 4.69) is 11.4 Å². The summed E-state index contributed by atoms with van der Waals surface area (Å²) in [6.45, 7) is 3.01. The lowest BCUT2D eigenvalue weighted by atomic mass is 10.3. The fourth-order valence-corrected chi connectivity index (χ4v) is 0.883. The average Bonchev–Trinajstić information content (AvgIpc) is 2.16. The van der Waals surface area contributed by atoms with Crippen molar-refractivity contribution in [2.75, 3.05) is 32.9 Å². The molecule has 0 bridgehead atoms. The Balaban J connectivity index is 2.80. The van der Waals surface area contributed by atoms with E-state index in [0.29, 0.717) is 19.6 Å². The van der Waals surface area contributed by atoms with Crippen molar-refractivity contribution < 1.29 is 9.84 Å². The fraction of sp³-hybridized carbons (Fsp3) is 0.889. The monoisotopic (exact) mass is 186 g/mol. The van der Waals surface area contributed by atoms with Gasteiger partial charge in [0.1, 0.15) is 0 Å². The minimum atomic E-state index is 0.0929. The number of hydrogen-bond donors (Lipinski definition) is 2. The van der Waals surface area contributed by atoms with E-state index in [1.807, 2.05) is 0 Å². The first-order valence-electron chi connectivity index (χ1n) is 4.68. The molecule has 0 heterocycles. The van der Waals surface area contributed by atoms with Crippen LogP contribution in [-0.4, -0.2) is 38.0 Å². The third kappa shape index (κ3) is 11.4. The van der Waals surface area contributed by atoms with Gasteiger partial charge in [-0.3, -0.25) is 0 Å². The number of nitrogens with one attached hydrogen (secondary N) is 1. The van der Waals surface area contributed by atoms with Gasteiger partial charge in [0.25, 0.3) is 0 Å². The normalized spacial score (nSPS) is 9.85. The fourth-order valence-electron chi connectivity index (χ4n) is 0.883. The zero-order valence-electron chi connectivity index (χ0n) is 7.96. The summed E-state index contributed by atoms with van der Waals surface area (Å²) in [6.07, 6.45) is 2.48. The van der Waals surface area contributed by atoms with Crippen LogP contribution in [0.2, 0.25) is 0 Å². The SMILES string of the molecule is N#CCCCNCCCOCCO. The predicted octanol–water partition coefficient (Wildman–Crippen LogP) is 0.279. The molecule has 13 heavy (non-hydrogen) atoms. The number of hydrogen-bond acceptors (Lipinski definition) is 4. The van der Waals surface area contributed by atoms with Gasteiger partial charge in [-0.25, -0.2) is 0 Å². The van der Waals surface area contributed by atoms with Crippen molar-refractivity contribution in [1.29, 1.82) is 5.26 Å². The molecule has 0 saturated heterocycles. The first-order chi connectivity index (χ1) is 6.41. The highest BCUT2D eigenvalue weighted by Crippen LogP contribution is 1.84. The van der Waals surface area contributed by atoms with Gasteiger partial charge in [0.05, 0.1) is 19.3 Å². The second kappa shape index (κ2) is 11.4. The van der Waals surface area contributed by atoms with Crippen molar-refractivity contribution in [1.82, 2.24) is 5.32 Å². The van der Waals surface area contributed by atoms with Crippen LogP contribution in [0, 0.1) is 11.3 Å². The van der Waals surface area contributed by atoms with E-state index in [4.69, 9.17) is 15.1 Å². The van der Waals surface area contributed by atoms with E-state index in [0.717, 1.165) is 25.9 Å². The summed E-state index contributed by atoms with van der Waals surface area (Å²) in [5.41, 5.74) is 0. The Labute approximate surface area is 79.5 Å². The van der Waals surface area contributed by atoms with Gasteiger partial charge >= 0.3 is 0 Å². The molecular formula is C9H18N2O2.